The molecule has 4 rings (SSSR count). The molecule has 140 valence electrons. The van der Waals surface area contributed by atoms with Gasteiger partial charge in [-0.1, -0.05) is 6.92 Å². The zero-order valence-corrected chi connectivity index (χ0v) is 16.1. The predicted octanol–water partition coefficient (Wildman–Crippen LogP) is 4.55. The summed E-state index contributed by atoms with van der Waals surface area (Å²) in [4.78, 5) is 13.3. The van der Waals surface area contributed by atoms with Crippen LogP contribution in [0.1, 0.15) is 13.3 Å². The summed E-state index contributed by atoms with van der Waals surface area (Å²) in [6, 6.07) is 13.9. The first-order chi connectivity index (χ1) is 13.2. The molecule has 0 saturated heterocycles. The normalized spacial score (nSPS) is 12.9. The van der Waals surface area contributed by atoms with Crippen LogP contribution in [0.15, 0.2) is 53.6 Å². The largest absolute Gasteiger partial charge is 0.486 e. The van der Waals surface area contributed by atoms with Gasteiger partial charge in [0.15, 0.2) is 11.5 Å². The van der Waals surface area contributed by atoms with Gasteiger partial charge in [0.1, 0.15) is 13.2 Å². The van der Waals surface area contributed by atoms with E-state index in [1.165, 1.54) is 17.3 Å². The van der Waals surface area contributed by atoms with Crippen molar-refractivity contribution in [2.24, 2.45) is 0 Å². The predicted molar refractivity (Wildman–Crippen MR) is 109 cm³/mol. The molecule has 27 heavy (non-hydrogen) atoms. The number of ether oxygens (including phenoxy) is 2. The maximum atomic E-state index is 12.3. The number of rotatable bonds is 6. The molecule has 0 radical (unpaired) electrons. The summed E-state index contributed by atoms with van der Waals surface area (Å²) < 4.78 is 13.3. The monoisotopic (exact) mass is 382 g/mol. The number of hydrogen-bond donors (Lipinski definition) is 1. The highest BCUT2D eigenvalue weighted by atomic mass is 32.2. The maximum absolute atomic E-state index is 12.3. The van der Waals surface area contributed by atoms with Crippen molar-refractivity contribution >= 4 is 34.3 Å². The molecule has 0 aliphatic carbocycles. The third-order valence-corrected chi connectivity index (χ3v) is 5.40. The van der Waals surface area contributed by atoms with Crippen LogP contribution in [0.25, 0.3) is 10.9 Å². The van der Waals surface area contributed by atoms with Crippen molar-refractivity contribution in [1.82, 2.24) is 4.57 Å². The third kappa shape index (κ3) is 4.06. The molecule has 0 atom stereocenters. The molecule has 1 amide bonds. The topological polar surface area (TPSA) is 52.5 Å². The molecule has 0 bridgehead atoms. The number of carbonyl (C=O) groups excluding carboxylic acids is 1. The van der Waals surface area contributed by atoms with Crippen molar-refractivity contribution in [1.29, 1.82) is 0 Å². The van der Waals surface area contributed by atoms with E-state index in [-0.39, 0.29) is 5.91 Å². The van der Waals surface area contributed by atoms with Crippen molar-refractivity contribution < 1.29 is 14.3 Å². The highest BCUT2D eigenvalue weighted by molar-refractivity contribution is 8.00. The fourth-order valence-electron chi connectivity index (χ4n) is 3.17. The van der Waals surface area contributed by atoms with Gasteiger partial charge in [0, 0.05) is 34.2 Å². The molecule has 1 N–H and O–H groups in total. The van der Waals surface area contributed by atoms with Gasteiger partial charge in [-0.25, -0.2) is 0 Å². The lowest BCUT2D eigenvalue weighted by molar-refractivity contribution is -0.113. The van der Waals surface area contributed by atoms with E-state index >= 15 is 0 Å². The first kappa shape index (κ1) is 17.8. The van der Waals surface area contributed by atoms with Gasteiger partial charge >= 0.3 is 0 Å². The fraction of sp³-hybridized carbons (Fsp3) is 0.286. The average molecular weight is 382 g/mol. The minimum absolute atomic E-state index is 0.0257. The minimum Gasteiger partial charge on any atom is -0.486 e. The Labute approximate surface area is 162 Å². The molecule has 1 aromatic heterocycles. The second-order valence-electron chi connectivity index (χ2n) is 6.43. The second kappa shape index (κ2) is 7.96. The van der Waals surface area contributed by atoms with Crippen LogP contribution in [0.5, 0.6) is 11.5 Å². The first-order valence-electron chi connectivity index (χ1n) is 9.14. The SMILES string of the molecule is CCCn1ccc2cc(NC(=O)CSc3ccc4c(c3)OCCO4)ccc21. The van der Waals surface area contributed by atoms with E-state index < -0.39 is 0 Å². The minimum atomic E-state index is -0.0257. The van der Waals surface area contributed by atoms with E-state index in [0.29, 0.717) is 19.0 Å². The summed E-state index contributed by atoms with van der Waals surface area (Å²) in [5.41, 5.74) is 2.02. The van der Waals surface area contributed by atoms with Crippen LogP contribution in [0.3, 0.4) is 0 Å². The number of anilines is 1. The number of aryl methyl sites for hydroxylation is 1. The van der Waals surface area contributed by atoms with Gasteiger partial charge in [-0.15, -0.1) is 11.8 Å². The van der Waals surface area contributed by atoms with Crippen molar-refractivity contribution in [3.05, 3.63) is 48.7 Å². The van der Waals surface area contributed by atoms with Gasteiger partial charge in [-0.3, -0.25) is 4.79 Å². The van der Waals surface area contributed by atoms with Crippen LogP contribution < -0.4 is 14.8 Å². The molecule has 1 aliphatic rings. The van der Waals surface area contributed by atoms with E-state index in [1.54, 1.807) is 0 Å². The standard InChI is InChI=1S/C21H22N2O3S/c1-2-8-23-9-7-15-12-16(3-5-18(15)23)22-21(24)14-27-17-4-6-19-20(13-17)26-11-10-25-19/h3-7,9,12-13H,2,8,10-11,14H2,1H3,(H,22,24). The van der Waals surface area contributed by atoms with Crippen LogP contribution in [-0.2, 0) is 11.3 Å². The van der Waals surface area contributed by atoms with Gasteiger partial charge in [0.2, 0.25) is 5.91 Å². The molecule has 0 unspecified atom stereocenters. The third-order valence-electron chi connectivity index (χ3n) is 4.40. The molecule has 5 nitrogen and oxygen atoms in total. The zero-order chi connectivity index (χ0) is 18.6. The van der Waals surface area contributed by atoms with Crippen LogP contribution in [0.2, 0.25) is 0 Å². The summed E-state index contributed by atoms with van der Waals surface area (Å²) in [6.45, 7) is 4.30. The zero-order valence-electron chi connectivity index (χ0n) is 15.2. The quantitative estimate of drug-likeness (QED) is 0.635. The number of fused-ring (bicyclic) bond motifs is 2. The average Bonchev–Trinajstić information content (AvgIpc) is 3.09. The summed E-state index contributed by atoms with van der Waals surface area (Å²) >= 11 is 1.48. The lowest BCUT2D eigenvalue weighted by Crippen LogP contribution is -2.15. The number of benzene rings is 2. The Morgan fingerprint density at radius 1 is 1.11 bits per heavy atom. The van der Waals surface area contributed by atoms with Crippen molar-refractivity contribution in [3.8, 4) is 11.5 Å². The highest BCUT2D eigenvalue weighted by Crippen LogP contribution is 2.34. The molecule has 0 spiro atoms. The Balaban J connectivity index is 1.37. The van der Waals surface area contributed by atoms with Crippen LogP contribution in [0, 0.1) is 0 Å². The highest BCUT2D eigenvalue weighted by Gasteiger charge is 2.13. The van der Waals surface area contributed by atoms with E-state index in [4.69, 9.17) is 9.47 Å². The molecule has 1 aliphatic heterocycles. The summed E-state index contributed by atoms with van der Waals surface area (Å²) in [5.74, 6) is 1.82. The Bertz CT molecular complexity index is 967. The van der Waals surface area contributed by atoms with Crippen molar-refractivity contribution in [3.63, 3.8) is 0 Å². The molecule has 0 saturated carbocycles. The summed E-state index contributed by atoms with van der Waals surface area (Å²) in [6.07, 6.45) is 3.19. The summed E-state index contributed by atoms with van der Waals surface area (Å²) in [7, 11) is 0. The van der Waals surface area contributed by atoms with Crippen LogP contribution in [0.4, 0.5) is 5.69 Å². The van der Waals surface area contributed by atoms with Crippen molar-refractivity contribution in [2.75, 3.05) is 24.3 Å². The van der Waals surface area contributed by atoms with E-state index in [9.17, 15) is 4.79 Å². The molecular weight excluding hydrogens is 360 g/mol. The molecule has 0 fully saturated rings. The number of amides is 1. The lowest BCUT2D eigenvalue weighted by Gasteiger charge is -2.18. The lowest BCUT2D eigenvalue weighted by atomic mass is 10.2. The Morgan fingerprint density at radius 2 is 1.96 bits per heavy atom. The Morgan fingerprint density at radius 3 is 2.81 bits per heavy atom. The van der Waals surface area contributed by atoms with Gasteiger partial charge in [-0.2, -0.15) is 0 Å². The van der Waals surface area contributed by atoms with E-state index in [0.717, 1.165) is 40.4 Å². The smallest absolute Gasteiger partial charge is 0.234 e. The molecule has 2 heterocycles. The number of aromatic nitrogens is 1. The van der Waals surface area contributed by atoms with Crippen molar-refractivity contribution in [2.45, 2.75) is 24.8 Å². The van der Waals surface area contributed by atoms with Gasteiger partial charge in [-0.05, 0) is 48.9 Å². The van der Waals surface area contributed by atoms with E-state index in [1.807, 2.05) is 30.3 Å². The van der Waals surface area contributed by atoms with E-state index in [2.05, 4.69) is 35.1 Å². The second-order valence-corrected chi connectivity index (χ2v) is 7.47. The van der Waals surface area contributed by atoms with Gasteiger partial charge in [0.25, 0.3) is 0 Å². The Hall–Kier alpha value is -2.60. The summed E-state index contributed by atoms with van der Waals surface area (Å²) in [5, 5.41) is 4.12. The molecule has 2 aromatic carbocycles. The van der Waals surface area contributed by atoms with Crippen LogP contribution in [-0.4, -0.2) is 29.4 Å². The number of nitrogens with one attached hydrogen (secondary N) is 1. The number of nitrogens with zero attached hydrogens (tertiary/aromatic N) is 1. The fourth-order valence-corrected chi connectivity index (χ4v) is 3.90. The van der Waals surface area contributed by atoms with Crippen LogP contribution >= 0.6 is 11.8 Å². The maximum Gasteiger partial charge on any atom is 0.234 e. The molecular formula is C21H22N2O3S. The number of hydrogen-bond acceptors (Lipinski definition) is 4. The number of carbonyl (C=O) groups is 1. The van der Waals surface area contributed by atoms with Gasteiger partial charge in [0.05, 0.1) is 5.75 Å². The molecule has 6 heteroatoms. The molecule has 3 aromatic rings. The van der Waals surface area contributed by atoms with Gasteiger partial charge < -0.3 is 19.4 Å². The number of thioether (sulfide) groups is 1. The first-order valence-corrected chi connectivity index (χ1v) is 10.1. The Kier molecular flexibility index (Phi) is 5.25.